The molecule has 1 unspecified atom stereocenters. The van der Waals surface area contributed by atoms with E-state index < -0.39 is 5.60 Å². The molecule has 1 rings (SSSR count). The van der Waals surface area contributed by atoms with Gasteiger partial charge in [0.2, 0.25) is 0 Å². The van der Waals surface area contributed by atoms with E-state index in [2.05, 4.69) is 21.9 Å². The second-order valence-electron chi connectivity index (χ2n) is 4.36. The molecule has 0 heterocycles. The first kappa shape index (κ1) is 13.3. The van der Waals surface area contributed by atoms with Crippen molar-refractivity contribution in [1.29, 1.82) is 0 Å². The van der Waals surface area contributed by atoms with E-state index in [0.717, 1.165) is 29.3 Å². The van der Waals surface area contributed by atoms with Crippen molar-refractivity contribution >= 4 is 15.9 Å². The molecule has 1 aromatic carbocycles. The first-order valence-corrected chi connectivity index (χ1v) is 6.23. The van der Waals surface area contributed by atoms with Crippen LogP contribution >= 0.6 is 15.9 Å². The quantitative estimate of drug-likeness (QED) is 0.646. The third-order valence-electron chi connectivity index (χ3n) is 2.53. The van der Waals surface area contributed by atoms with Gasteiger partial charge in [0.1, 0.15) is 0 Å². The Morgan fingerprint density at radius 3 is 2.56 bits per heavy atom. The summed E-state index contributed by atoms with van der Waals surface area (Å²) >= 11 is 3.39. The number of hydrogen-bond donors (Lipinski definition) is 1. The van der Waals surface area contributed by atoms with Crippen LogP contribution in [0.5, 0.6) is 0 Å². The van der Waals surface area contributed by atoms with Gasteiger partial charge in [-0.25, -0.2) is 0 Å². The zero-order valence-corrected chi connectivity index (χ0v) is 11.1. The second-order valence-corrected chi connectivity index (χ2v) is 5.27. The van der Waals surface area contributed by atoms with E-state index in [0.29, 0.717) is 6.42 Å². The van der Waals surface area contributed by atoms with E-state index in [1.807, 2.05) is 31.2 Å². The molecule has 0 saturated heterocycles. The third-order valence-corrected chi connectivity index (χ3v) is 3.06. The Morgan fingerprint density at radius 2 is 2.00 bits per heavy atom. The highest BCUT2D eigenvalue weighted by Gasteiger charge is 2.19. The highest BCUT2D eigenvalue weighted by atomic mass is 79.9. The first-order chi connectivity index (χ1) is 7.53. The molecule has 1 aromatic rings. The summed E-state index contributed by atoms with van der Waals surface area (Å²) in [5.74, 6) is 2.59. The van der Waals surface area contributed by atoms with Crippen LogP contribution in [0.25, 0.3) is 0 Å². The molecule has 1 N–H and O–H groups in total. The fourth-order valence-electron chi connectivity index (χ4n) is 1.70. The molecule has 0 aromatic heterocycles. The Balaban J connectivity index is 2.51. The minimum Gasteiger partial charge on any atom is -0.390 e. The summed E-state index contributed by atoms with van der Waals surface area (Å²) < 4.78 is 1.06. The zero-order valence-electron chi connectivity index (χ0n) is 9.54. The van der Waals surface area contributed by atoms with Crippen LogP contribution in [0.4, 0.5) is 0 Å². The fourth-order valence-corrected chi connectivity index (χ4v) is 1.97. The van der Waals surface area contributed by atoms with Crippen LogP contribution in [-0.4, -0.2) is 10.7 Å². The summed E-state index contributed by atoms with van der Waals surface area (Å²) in [5.41, 5.74) is 0.485. The first-order valence-electron chi connectivity index (χ1n) is 5.44. The number of hydrogen-bond acceptors (Lipinski definition) is 1. The number of benzene rings is 1. The fraction of sp³-hybridized carbons (Fsp3) is 0.429. The van der Waals surface area contributed by atoms with Gasteiger partial charge in [-0.3, -0.25) is 0 Å². The van der Waals surface area contributed by atoms with Crippen molar-refractivity contribution in [2.75, 3.05) is 0 Å². The average Bonchev–Trinajstić information content (AvgIpc) is 2.21. The molecule has 0 saturated carbocycles. The summed E-state index contributed by atoms with van der Waals surface area (Å²) in [6.45, 7) is 1.87. The maximum absolute atomic E-state index is 10.2. The zero-order chi connectivity index (χ0) is 12.0. The predicted octanol–water partition coefficient (Wildman–Crippen LogP) is 3.55. The Bertz CT molecular complexity index is 359. The van der Waals surface area contributed by atoms with Crippen LogP contribution in [-0.2, 0) is 6.42 Å². The number of halogens is 1. The molecule has 0 amide bonds. The van der Waals surface area contributed by atoms with Gasteiger partial charge in [0.25, 0.3) is 0 Å². The largest absolute Gasteiger partial charge is 0.390 e. The summed E-state index contributed by atoms with van der Waals surface area (Å²) in [5, 5.41) is 10.2. The molecule has 86 valence electrons. The Kier molecular flexibility index (Phi) is 5.05. The molecular weight excluding hydrogens is 264 g/mol. The lowest BCUT2D eigenvalue weighted by Crippen LogP contribution is -2.26. The van der Waals surface area contributed by atoms with Crippen LogP contribution in [0.1, 0.15) is 31.7 Å². The van der Waals surface area contributed by atoms with E-state index >= 15 is 0 Å². The maximum atomic E-state index is 10.2. The SMILES string of the molecule is C#CCCCC(C)(O)Cc1ccc(Br)cc1. The lowest BCUT2D eigenvalue weighted by Gasteiger charge is -2.23. The average molecular weight is 281 g/mol. The lowest BCUT2D eigenvalue weighted by molar-refractivity contribution is 0.0496. The van der Waals surface area contributed by atoms with Crippen LogP contribution in [0, 0.1) is 12.3 Å². The van der Waals surface area contributed by atoms with E-state index in [1.54, 1.807) is 0 Å². The standard InChI is InChI=1S/C14H17BrO/c1-3-4-5-10-14(2,16)11-12-6-8-13(15)9-7-12/h1,6-9,16H,4-5,10-11H2,2H3. The monoisotopic (exact) mass is 280 g/mol. The third kappa shape index (κ3) is 4.83. The predicted molar refractivity (Wildman–Crippen MR) is 71.2 cm³/mol. The molecule has 0 spiro atoms. The van der Waals surface area contributed by atoms with Crippen molar-refractivity contribution in [3.8, 4) is 12.3 Å². The van der Waals surface area contributed by atoms with Crippen LogP contribution < -0.4 is 0 Å². The number of unbranched alkanes of at least 4 members (excludes halogenated alkanes) is 1. The highest BCUT2D eigenvalue weighted by molar-refractivity contribution is 9.10. The number of rotatable bonds is 5. The van der Waals surface area contributed by atoms with E-state index in [9.17, 15) is 5.11 Å². The molecule has 2 heteroatoms. The van der Waals surface area contributed by atoms with Gasteiger partial charge < -0.3 is 5.11 Å². The van der Waals surface area contributed by atoms with E-state index in [-0.39, 0.29) is 0 Å². The van der Waals surface area contributed by atoms with E-state index in [1.165, 1.54) is 0 Å². The van der Waals surface area contributed by atoms with Gasteiger partial charge >= 0.3 is 0 Å². The smallest absolute Gasteiger partial charge is 0.0660 e. The molecule has 0 radical (unpaired) electrons. The molecule has 1 atom stereocenters. The molecule has 0 bridgehead atoms. The highest BCUT2D eigenvalue weighted by Crippen LogP contribution is 2.20. The maximum Gasteiger partial charge on any atom is 0.0660 e. The molecule has 1 nitrogen and oxygen atoms in total. The topological polar surface area (TPSA) is 20.2 Å². The summed E-state index contributed by atoms with van der Waals surface area (Å²) in [6.07, 6.45) is 8.21. The minimum atomic E-state index is -0.662. The van der Waals surface area contributed by atoms with Crippen molar-refractivity contribution in [3.05, 3.63) is 34.3 Å². The van der Waals surface area contributed by atoms with Crippen molar-refractivity contribution in [2.24, 2.45) is 0 Å². The van der Waals surface area contributed by atoms with Crippen LogP contribution in [0.15, 0.2) is 28.7 Å². The molecule has 0 aliphatic heterocycles. The second kappa shape index (κ2) is 6.08. The van der Waals surface area contributed by atoms with Gasteiger partial charge in [-0.2, -0.15) is 0 Å². The summed E-state index contributed by atoms with van der Waals surface area (Å²) in [6, 6.07) is 8.04. The summed E-state index contributed by atoms with van der Waals surface area (Å²) in [7, 11) is 0. The van der Waals surface area contributed by atoms with Crippen molar-refractivity contribution in [2.45, 2.75) is 38.2 Å². The van der Waals surface area contributed by atoms with Gasteiger partial charge in [-0.05, 0) is 37.5 Å². The number of aliphatic hydroxyl groups is 1. The van der Waals surface area contributed by atoms with Crippen LogP contribution in [0.3, 0.4) is 0 Å². The van der Waals surface area contributed by atoms with Gasteiger partial charge in [0.15, 0.2) is 0 Å². The molecular formula is C14H17BrO. The van der Waals surface area contributed by atoms with Gasteiger partial charge in [0, 0.05) is 17.3 Å². The van der Waals surface area contributed by atoms with Crippen molar-refractivity contribution in [1.82, 2.24) is 0 Å². The van der Waals surface area contributed by atoms with Crippen molar-refractivity contribution < 1.29 is 5.11 Å². The summed E-state index contributed by atoms with van der Waals surface area (Å²) in [4.78, 5) is 0. The Labute approximate surface area is 106 Å². The molecule has 0 aliphatic rings. The normalized spacial score (nSPS) is 14.1. The molecule has 16 heavy (non-hydrogen) atoms. The van der Waals surface area contributed by atoms with Gasteiger partial charge in [-0.1, -0.05) is 28.1 Å². The lowest BCUT2D eigenvalue weighted by atomic mass is 9.91. The van der Waals surface area contributed by atoms with Crippen molar-refractivity contribution in [3.63, 3.8) is 0 Å². The Hall–Kier alpha value is -0.780. The van der Waals surface area contributed by atoms with Crippen LogP contribution in [0.2, 0.25) is 0 Å². The van der Waals surface area contributed by atoms with E-state index in [4.69, 9.17) is 6.42 Å². The molecule has 0 aliphatic carbocycles. The number of terminal acetylenes is 1. The van der Waals surface area contributed by atoms with Gasteiger partial charge in [-0.15, -0.1) is 12.3 Å². The Morgan fingerprint density at radius 1 is 1.38 bits per heavy atom. The van der Waals surface area contributed by atoms with Gasteiger partial charge in [0.05, 0.1) is 5.60 Å². The minimum absolute atomic E-state index is 0.662. The molecule has 0 fully saturated rings.